The molecule has 0 aliphatic rings. The Morgan fingerprint density at radius 1 is 1.12 bits per heavy atom. The number of esters is 1. The van der Waals surface area contributed by atoms with Crippen LogP contribution in [0.15, 0.2) is 57.9 Å². The molecule has 24 heavy (non-hydrogen) atoms. The molecule has 2 rings (SSSR count). The maximum Gasteiger partial charge on any atom is 0.338 e. The molecular formula is C16H14BrNO5S. The SMILES string of the molecule is CS(=O)(=O)c1cccc(C(=O)OCC(=O)Nc2ccc(Br)cc2)c1. The van der Waals surface area contributed by atoms with E-state index in [1.807, 2.05) is 0 Å². The van der Waals surface area contributed by atoms with Gasteiger partial charge in [0.15, 0.2) is 16.4 Å². The Morgan fingerprint density at radius 2 is 1.79 bits per heavy atom. The highest BCUT2D eigenvalue weighted by atomic mass is 79.9. The number of benzene rings is 2. The van der Waals surface area contributed by atoms with Gasteiger partial charge in [0.05, 0.1) is 10.5 Å². The van der Waals surface area contributed by atoms with Gasteiger partial charge in [-0.3, -0.25) is 4.79 Å². The lowest BCUT2D eigenvalue weighted by atomic mass is 10.2. The van der Waals surface area contributed by atoms with Crippen LogP contribution in [0.5, 0.6) is 0 Å². The first kappa shape index (κ1) is 18.2. The Hall–Kier alpha value is -2.19. The van der Waals surface area contributed by atoms with Gasteiger partial charge >= 0.3 is 5.97 Å². The topological polar surface area (TPSA) is 89.5 Å². The molecule has 0 heterocycles. The zero-order valence-corrected chi connectivity index (χ0v) is 15.1. The van der Waals surface area contributed by atoms with Crippen LogP contribution in [0.25, 0.3) is 0 Å². The first-order valence-corrected chi connectivity index (χ1v) is 9.47. The summed E-state index contributed by atoms with van der Waals surface area (Å²) in [5, 5.41) is 2.58. The normalized spacial score (nSPS) is 10.9. The largest absolute Gasteiger partial charge is 0.452 e. The Kier molecular flexibility index (Phi) is 5.74. The van der Waals surface area contributed by atoms with Crippen molar-refractivity contribution in [1.29, 1.82) is 0 Å². The number of amides is 1. The Labute approximate surface area is 147 Å². The summed E-state index contributed by atoms with van der Waals surface area (Å²) >= 11 is 3.28. The number of carbonyl (C=O) groups is 2. The van der Waals surface area contributed by atoms with E-state index in [1.54, 1.807) is 24.3 Å². The molecule has 6 nitrogen and oxygen atoms in total. The quantitative estimate of drug-likeness (QED) is 0.763. The molecule has 126 valence electrons. The Bertz CT molecular complexity index is 862. The van der Waals surface area contributed by atoms with E-state index in [-0.39, 0.29) is 10.5 Å². The third-order valence-electron chi connectivity index (χ3n) is 2.96. The van der Waals surface area contributed by atoms with Gasteiger partial charge in [0.25, 0.3) is 5.91 Å². The lowest BCUT2D eigenvalue weighted by Gasteiger charge is -2.07. The summed E-state index contributed by atoms with van der Waals surface area (Å²) < 4.78 is 28.7. The highest BCUT2D eigenvalue weighted by Crippen LogP contribution is 2.14. The molecule has 1 N–H and O–H groups in total. The van der Waals surface area contributed by atoms with Gasteiger partial charge in [-0.05, 0) is 42.5 Å². The van der Waals surface area contributed by atoms with Crippen LogP contribution in [0.2, 0.25) is 0 Å². The van der Waals surface area contributed by atoms with Gasteiger partial charge in [-0.1, -0.05) is 22.0 Å². The molecule has 8 heteroatoms. The summed E-state index contributed by atoms with van der Waals surface area (Å²) in [7, 11) is -3.43. The molecule has 0 aliphatic carbocycles. The molecule has 0 aromatic heterocycles. The van der Waals surface area contributed by atoms with Crippen molar-refractivity contribution >= 4 is 43.3 Å². The molecule has 0 bridgehead atoms. The molecule has 2 aromatic carbocycles. The number of rotatable bonds is 5. The highest BCUT2D eigenvalue weighted by molar-refractivity contribution is 9.10. The smallest absolute Gasteiger partial charge is 0.338 e. The fraction of sp³-hybridized carbons (Fsp3) is 0.125. The monoisotopic (exact) mass is 411 g/mol. The second kappa shape index (κ2) is 7.59. The van der Waals surface area contributed by atoms with Crippen LogP contribution in [0.4, 0.5) is 5.69 Å². The van der Waals surface area contributed by atoms with Crippen molar-refractivity contribution in [2.75, 3.05) is 18.2 Å². The van der Waals surface area contributed by atoms with Crippen LogP contribution in [-0.4, -0.2) is 33.2 Å². The molecule has 0 fully saturated rings. The van der Waals surface area contributed by atoms with Gasteiger partial charge in [0.1, 0.15) is 0 Å². The van der Waals surface area contributed by atoms with Gasteiger partial charge in [0.2, 0.25) is 0 Å². The van der Waals surface area contributed by atoms with E-state index in [9.17, 15) is 18.0 Å². The summed E-state index contributed by atoms with van der Waals surface area (Å²) in [6.07, 6.45) is 1.04. The van der Waals surface area contributed by atoms with Crippen molar-refractivity contribution in [2.24, 2.45) is 0 Å². The van der Waals surface area contributed by atoms with Crippen LogP contribution in [0.1, 0.15) is 10.4 Å². The van der Waals surface area contributed by atoms with E-state index in [2.05, 4.69) is 21.2 Å². The molecule has 2 aromatic rings. The maximum atomic E-state index is 11.9. The van der Waals surface area contributed by atoms with Crippen molar-refractivity contribution in [3.8, 4) is 0 Å². The number of anilines is 1. The summed E-state index contributed by atoms with van der Waals surface area (Å²) in [4.78, 5) is 23.7. The Morgan fingerprint density at radius 3 is 2.42 bits per heavy atom. The van der Waals surface area contributed by atoms with Gasteiger partial charge in [-0.2, -0.15) is 0 Å². The third-order valence-corrected chi connectivity index (χ3v) is 4.60. The second-order valence-electron chi connectivity index (χ2n) is 4.93. The zero-order valence-electron chi connectivity index (χ0n) is 12.7. The first-order chi connectivity index (χ1) is 11.3. The van der Waals surface area contributed by atoms with Crippen molar-refractivity contribution in [2.45, 2.75) is 4.90 Å². The zero-order chi connectivity index (χ0) is 17.7. The molecule has 0 radical (unpaired) electrons. The lowest BCUT2D eigenvalue weighted by Crippen LogP contribution is -2.21. The minimum absolute atomic E-state index is 0.0104. The number of ether oxygens (including phenoxy) is 1. The van der Waals surface area contributed by atoms with Crippen molar-refractivity contribution in [1.82, 2.24) is 0 Å². The summed E-state index contributed by atoms with van der Waals surface area (Å²) in [6, 6.07) is 12.4. The average molecular weight is 412 g/mol. The van der Waals surface area contributed by atoms with Gasteiger partial charge in [-0.25, -0.2) is 13.2 Å². The third kappa shape index (κ3) is 5.17. The first-order valence-electron chi connectivity index (χ1n) is 6.78. The molecule has 1 amide bonds. The summed E-state index contributed by atoms with van der Waals surface area (Å²) in [5.41, 5.74) is 0.632. The second-order valence-corrected chi connectivity index (χ2v) is 7.86. The minimum atomic E-state index is -3.43. The standard InChI is InChI=1S/C16H14BrNO5S/c1-24(21,22)14-4-2-3-11(9-14)16(20)23-10-15(19)18-13-7-5-12(17)6-8-13/h2-9H,10H2,1H3,(H,18,19). The van der Waals surface area contributed by atoms with E-state index in [0.717, 1.165) is 10.7 Å². The molecule has 0 unspecified atom stereocenters. The van der Waals surface area contributed by atoms with Crippen molar-refractivity contribution in [3.63, 3.8) is 0 Å². The van der Waals surface area contributed by atoms with Gasteiger partial charge < -0.3 is 10.1 Å². The van der Waals surface area contributed by atoms with Gasteiger partial charge in [0, 0.05) is 16.4 Å². The van der Waals surface area contributed by atoms with E-state index in [0.29, 0.717) is 5.69 Å². The van der Waals surface area contributed by atoms with Crippen LogP contribution in [0.3, 0.4) is 0 Å². The number of halogens is 1. The van der Waals surface area contributed by atoms with Crippen LogP contribution < -0.4 is 5.32 Å². The number of hydrogen-bond acceptors (Lipinski definition) is 5. The number of sulfone groups is 1. The molecular weight excluding hydrogens is 398 g/mol. The predicted octanol–water partition coefficient (Wildman–Crippen LogP) is 2.65. The fourth-order valence-corrected chi connectivity index (χ4v) is 2.73. The van der Waals surface area contributed by atoms with E-state index >= 15 is 0 Å². The molecule has 0 aliphatic heterocycles. The van der Waals surface area contributed by atoms with E-state index < -0.39 is 28.3 Å². The van der Waals surface area contributed by atoms with Crippen LogP contribution in [-0.2, 0) is 19.4 Å². The van der Waals surface area contributed by atoms with Crippen molar-refractivity contribution < 1.29 is 22.7 Å². The summed E-state index contributed by atoms with van der Waals surface area (Å²) in [6.45, 7) is -0.474. The van der Waals surface area contributed by atoms with Crippen LogP contribution in [0, 0.1) is 0 Å². The fourth-order valence-electron chi connectivity index (χ4n) is 1.80. The molecule has 0 saturated heterocycles. The summed E-state index contributed by atoms with van der Waals surface area (Å²) in [5.74, 6) is -1.27. The lowest BCUT2D eigenvalue weighted by molar-refractivity contribution is -0.119. The maximum absolute atomic E-state index is 11.9. The van der Waals surface area contributed by atoms with Crippen molar-refractivity contribution in [3.05, 3.63) is 58.6 Å². The molecule has 0 atom stereocenters. The van der Waals surface area contributed by atoms with Crippen LogP contribution >= 0.6 is 15.9 Å². The van der Waals surface area contributed by atoms with E-state index in [1.165, 1.54) is 24.3 Å². The average Bonchev–Trinajstić information content (AvgIpc) is 2.54. The molecule has 0 saturated carbocycles. The number of carbonyl (C=O) groups excluding carboxylic acids is 2. The highest BCUT2D eigenvalue weighted by Gasteiger charge is 2.14. The number of hydrogen-bond donors (Lipinski definition) is 1. The minimum Gasteiger partial charge on any atom is -0.452 e. The van der Waals surface area contributed by atoms with Gasteiger partial charge in [-0.15, -0.1) is 0 Å². The molecule has 0 spiro atoms. The van der Waals surface area contributed by atoms with E-state index in [4.69, 9.17) is 4.74 Å². The Balaban J connectivity index is 1.95. The number of nitrogens with one attached hydrogen (secondary N) is 1. The predicted molar refractivity (Wildman–Crippen MR) is 92.6 cm³/mol.